The lowest BCUT2D eigenvalue weighted by atomic mass is 10.2. The van der Waals surface area contributed by atoms with E-state index in [1.165, 1.54) is 12.8 Å². The molecule has 0 aliphatic heterocycles. The lowest BCUT2D eigenvalue weighted by Crippen LogP contribution is -2.24. The van der Waals surface area contributed by atoms with Gasteiger partial charge in [0.15, 0.2) is 0 Å². The van der Waals surface area contributed by atoms with Crippen LogP contribution in [0.4, 0.5) is 0 Å². The largest absolute Gasteiger partial charge is 0.363 e. The van der Waals surface area contributed by atoms with Gasteiger partial charge in [0.25, 0.3) is 0 Å². The number of H-pyrrole nitrogens is 1. The molecule has 1 heterocycles. The monoisotopic (exact) mass is 331 g/mol. The predicted molar refractivity (Wildman–Crippen MR) is 88.1 cm³/mol. The number of sulfonamides is 1. The molecule has 2 rings (SSSR count). The highest BCUT2D eigenvalue weighted by Gasteiger charge is 2.21. The number of hydrogen-bond donors (Lipinski definition) is 3. The summed E-state index contributed by atoms with van der Waals surface area (Å²) < 4.78 is 26.9. The lowest BCUT2D eigenvalue weighted by molar-refractivity contribution is 0.576. The summed E-state index contributed by atoms with van der Waals surface area (Å²) in [6.45, 7) is 1.21. The molecule has 0 spiro atoms. The van der Waals surface area contributed by atoms with Crippen LogP contribution in [0.25, 0.3) is 0 Å². The smallest absolute Gasteiger partial charge is 0.242 e. The molecule has 0 saturated heterocycles. The maximum atomic E-state index is 12.1. The Morgan fingerprint density at radius 3 is 2.86 bits per heavy atom. The molecule has 1 fully saturated rings. The van der Waals surface area contributed by atoms with Crippen molar-refractivity contribution in [2.45, 2.75) is 49.6 Å². The molecular formula is C14H25N3O2S2. The van der Waals surface area contributed by atoms with E-state index in [2.05, 4.69) is 21.3 Å². The molecule has 0 atom stereocenters. The fourth-order valence-electron chi connectivity index (χ4n) is 2.06. The number of hydrogen-bond acceptors (Lipinski definition) is 4. The van der Waals surface area contributed by atoms with E-state index < -0.39 is 10.0 Å². The van der Waals surface area contributed by atoms with Crippen LogP contribution < -0.4 is 10.0 Å². The van der Waals surface area contributed by atoms with Crippen molar-refractivity contribution < 1.29 is 8.42 Å². The summed E-state index contributed by atoms with van der Waals surface area (Å²) in [7, 11) is -3.37. The van der Waals surface area contributed by atoms with Crippen molar-refractivity contribution in [2.24, 2.45) is 0 Å². The summed E-state index contributed by atoms with van der Waals surface area (Å²) in [4.78, 5) is 3.36. The first-order valence-corrected chi connectivity index (χ1v) is 10.4. The number of aromatic nitrogens is 1. The SMILES string of the molecule is CSCCCCCNS(=O)(=O)c1c[nH]c(CNC2CC2)c1. The summed E-state index contributed by atoms with van der Waals surface area (Å²) in [5, 5.41) is 3.36. The first kappa shape index (κ1) is 16.9. The summed E-state index contributed by atoms with van der Waals surface area (Å²) in [6, 6.07) is 2.33. The highest BCUT2D eigenvalue weighted by Crippen LogP contribution is 2.19. The fourth-order valence-corrected chi connectivity index (χ4v) is 3.64. The Morgan fingerprint density at radius 1 is 1.33 bits per heavy atom. The van der Waals surface area contributed by atoms with Gasteiger partial charge in [-0.2, -0.15) is 11.8 Å². The molecule has 5 nitrogen and oxygen atoms in total. The van der Waals surface area contributed by atoms with E-state index in [-0.39, 0.29) is 0 Å². The van der Waals surface area contributed by atoms with Crippen molar-refractivity contribution in [2.75, 3.05) is 18.6 Å². The van der Waals surface area contributed by atoms with E-state index >= 15 is 0 Å². The topological polar surface area (TPSA) is 74.0 Å². The second-order valence-corrected chi connectivity index (χ2v) is 8.22. The van der Waals surface area contributed by atoms with Crippen LogP contribution in [0.5, 0.6) is 0 Å². The molecule has 1 aromatic rings. The summed E-state index contributed by atoms with van der Waals surface area (Å²) >= 11 is 1.83. The summed E-state index contributed by atoms with van der Waals surface area (Å²) in [5.41, 5.74) is 0.919. The molecule has 1 aliphatic rings. The molecule has 0 radical (unpaired) electrons. The van der Waals surface area contributed by atoms with E-state index in [0.29, 0.717) is 24.0 Å². The number of rotatable bonds is 11. The lowest BCUT2D eigenvalue weighted by Gasteiger charge is -2.04. The van der Waals surface area contributed by atoms with Crippen molar-refractivity contribution in [1.29, 1.82) is 0 Å². The molecule has 0 unspecified atom stereocenters. The minimum Gasteiger partial charge on any atom is -0.363 e. The Morgan fingerprint density at radius 2 is 2.14 bits per heavy atom. The zero-order valence-electron chi connectivity index (χ0n) is 12.5. The van der Waals surface area contributed by atoms with Gasteiger partial charge < -0.3 is 10.3 Å². The fraction of sp³-hybridized carbons (Fsp3) is 0.714. The molecular weight excluding hydrogens is 306 g/mol. The number of thioether (sulfide) groups is 1. The number of aromatic amines is 1. The maximum absolute atomic E-state index is 12.1. The maximum Gasteiger partial charge on any atom is 0.242 e. The second kappa shape index (κ2) is 8.22. The molecule has 0 amide bonds. The average Bonchev–Trinajstić information content (AvgIpc) is 3.16. The van der Waals surface area contributed by atoms with Crippen LogP contribution in [0.2, 0.25) is 0 Å². The quantitative estimate of drug-likeness (QED) is 0.543. The minimum absolute atomic E-state index is 0.333. The van der Waals surface area contributed by atoms with E-state index in [4.69, 9.17) is 0 Å². The van der Waals surface area contributed by atoms with Crippen LogP contribution in [0.1, 0.15) is 37.8 Å². The summed E-state index contributed by atoms with van der Waals surface area (Å²) in [6.07, 6.45) is 9.20. The predicted octanol–water partition coefficient (Wildman–Crippen LogP) is 2.08. The van der Waals surface area contributed by atoms with Gasteiger partial charge in [-0.15, -0.1) is 0 Å². The van der Waals surface area contributed by atoms with Crippen molar-refractivity contribution in [3.63, 3.8) is 0 Å². The van der Waals surface area contributed by atoms with Crippen LogP contribution in [0.15, 0.2) is 17.2 Å². The van der Waals surface area contributed by atoms with Gasteiger partial charge in [-0.1, -0.05) is 6.42 Å². The van der Waals surface area contributed by atoms with Gasteiger partial charge in [0, 0.05) is 31.0 Å². The van der Waals surface area contributed by atoms with Crippen molar-refractivity contribution >= 4 is 21.8 Å². The standard InChI is InChI=1S/C14H25N3O2S2/c1-20-8-4-2-3-7-17-21(18,19)14-9-13(16-11-14)10-15-12-5-6-12/h9,11-12,15-17H,2-8,10H2,1H3. The molecule has 1 saturated carbocycles. The van der Waals surface area contributed by atoms with Crippen molar-refractivity contribution in [3.8, 4) is 0 Å². The van der Waals surface area contributed by atoms with Crippen molar-refractivity contribution in [1.82, 2.24) is 15.0 Å². The third kappa shape index (κ3) is 6.02. The zero-order chi connectivity index (χ0) is 15.1. The van der Waals surface area contributed by atoms with Gasteiger partial charge in [-0.25, -0.2) is 13.1 Å². The Bertz CT molecular complexity index is 524. The molecule has 120 valence electrons. The number of unbranched alkanes of at least 4 members (excludes halogenated alkanes) is 2. The third-order valence-corrected chi connectivity index (χ3v) is 5.64. The highest BCUT2D eigenvalue weighted by molar-refractivity contribution is 7.98. The molecule has 21 heavy (non-hydrogen) atoms. The molecule has 1 aliphatic carbocycles. The van der Waals surface area contributed by atoms with Crippen LogP contribution in [-0.2, 0) is 16.6 Å². The highest BCUT2D eigenvalue weighted by atomic mass is 32.2. The Labute approximate surface area is 131 Å². The van der Waals surface area contributed by atoms with Crippen LogP contribution in [0, 0.1) is 0 Å². The van der Waals surface area contributed by atoms with Gasteiger partial charge in [-0.05, 0) is 43.8 Å². The second-order valence-electron chi connectivity index (χ2n) is 5.47. The normalized spacial score (nSPS) is 15.5. The van der Waals surface area contributed by atoms with Gasteiger partial charge in [-0.3, -0.25) is 0 Å². The molecule has 7 heteroatoms. The van der Waals surface area contributed by atoms with Gasteiger partial charge in [0.05, 0.1) is 4.90 Å². The van der Waals surface area contributed by atoms with Crippen molar-refractivity contribution in [3.05, 3.63) is 18.0 Å². The molecule has 3 N–H and O–H groups in total. The number of nitrogens with one attached hydrogen (secondary N) is 3. The van der Waals surface area contributed by atoms with Crippen LogP contribution in [-0.4, -0.2) is 38.0 Å². The molecule has 1 aromatic heterocycles. The summed E-state index contributed by atoms with van der Waals surface area (Å²) in [5.74, 6) is 1.14. The third-order valence-electron chi connectivity index (χ3n) is 3.50. The first-order chi connectivity index (χ1) is 10.1. The van der Waals surface area contributed by atoms with E-state index in [9.17, 15) is 8.42 Å². The Kier molecular flexibility index (Phi) is 6.60. The average molecular weight is 332 g/mol. The Balaban J connectivity index is 1.73. The minimum atomic E-state index is -3.37. The Hall–Kier alpha value is -0.500. The van der Waals surface area contributed by atoms with Crippen LogP contribution in [0.3, 0.4) is 0 Å². The van der Waals surface area contributed by atoms with E-state index in [1.54, 1.807) is 12.3 Å². The van der Waals surface area contributed by atoms with E-state index in [1.807, 2.05) is 11.8 Å². The molecule has 0 bridgehead atoms. The first-order valence-electron chi connectivity index (χ1n) is 7.51. The van der Waals surface area contributed by atoms with Gasteiger partial charge in [0.1, 0.15) is 0 Å². The van der Waals surface area contributed by atoms with Gasteiger partial charge in [0.2, 0.25) is 10.0 Å². The van der Waals surface area contributed by atoms with Gasteiger partial charge >= 0.3 is 0 Å². The van der Waals surface area contributed by atoms with E-state index in [0.717, 1.165) is 30.7 Å². The van der Waals surface area contributed by atoms with Crippen LogP contribution >= 0.6 is 11.8 Å². The zero-order valence-corrected chi connectivity index (χ0v) is 14.2. The molecule has 0 aromatic carbocycles.